The van der Waals surface area contributed by atoms with E-state index in [9.17, 15) is 0 Å². The smallest absolute Gasteiger partial charge is 0.0947 e. The second kappa shape index (κ2) is 5.47. The SMILES string of the molecule is CC(CN1CCCC1CN(C)C)C(=N)N. The molecule has 3 N–H and O–H groups in total. The summed E-state index contributed by atoms with van der Waals surface area (Å²) in [6, 6.07) is 0.654. The van der Waals surface area contributed by atoms with Crippen LogP contribution in [0.1, 0.15) is 19.8 Å². The van der Waals surface area contributed by atoms with Crippen molar-refractivity contribution < 1.29 is 0 Å². The Balaban J connectivity index is 2.42. The lowest BCUT2D eigenvalue weighted by molar-refractivity contribution is 0.198. The van der Waals surface area contributed by atoms with Crippen LogP contribution in [0.2, 0.25) is 0 Å². The van der Waals surface area contributed by atoms with Crippen molar-refractivity contribution in [2.75, 3.05) is 33.7 Å². The van der Waals surface area contributed by atoms with Gasteiger partial charge < -0.3 is 10.6 Å². The van der Waals surface area contributed by atoms with Crippen molar-refractivity contribution >= 4 is 5.84 Å². The molecule has 0 aliphatic carbocycles. The molecular formula is C11H24N4. The molecule has 0 aromatic rings. The van der Waals surface area contributed by atoms with Gasteiger partial charge in [-0.3, -0.25) is 10.3 Å². The third kappa shape index (κ3) is 3.80. The first-order chi connectivity index (χ1) is 7.00. The molecule has 4 heteroatoms. The molecule has 0 spiro atoms. The quantitative estimate of drug-likeness (QED) is 0.518. The van der Waals surface area contributed by atoms with Crippen molar-refractivity contribution in [3.05, 3.63) is 0 Å². The summed E-state index contributed by atoms with van der Waals surface area (Å²) >= 11 is 0. The van der Waals surface area contributed by atoms with Gasteiger partial charge in [0.15, 0.2) is 0 Å². The van der Waals surface area contributed by atoms with E-state index in [1.54, 1.807) is 0 Å². The fraction of sp³-hybridized carbons (Fsp3) is 0.909. The molecule has 0 saturated carbocycles. The molecule has 0 bridgehead atoms. The number of nitrogens with two attached hydrogens (primary N) is 1. The van der Waals surface area contributed by atoms with Crippen LogP contribution in [0.15, 0.2) is 0 Å². The average Bonchev–Trinajstić information content (AvgIpc) is 2.51. The summed E-state index contributed by atoms with van der Waals surface area (Å²) in [6.07, 6.45) is 2.56. The normalized spacial score (nSPS) is 24.7. The predicted molar refractivity (Wildman–Crippen MR) is 64.2 cm³/mol. The van der Waals surface area contributed by atoms with Crippen LogP contribution in [-0.2, 0) is 0 Å². The third-order valence-corrected chi connectivity index (χ3v) is 3.11. The van der Waals surface area contributed by atoms with Gasteiger partial charge >= 0.3 is 0 Å². The molecule has 0 aromatic carbocycles. The molecule has 1 aliphatic heterocycles. The second-order valence-electron chi connectivity index (χ2n) is 4.91. The Morgan fingerprint density at radius 1 is 1.60 bits per heavy atom. The van der Waals surface area contributed by atoms with Crippen molar-refractivity contribution in [2.24, 2.45) is 11.7 Å². The molecule has 4 nitrogen and oxygen atoms in total. The number of likely N-dealkylation sites (N-methyl/N-ethyl adjacent to an activating group) is 1. The highest BCUT2D eigenvalue weighted by Crippen LogP contribution is 2.18. The van der Waals surface area contributed by atoms with E-state index in [0.717, 1.165) is 19.6 Å². The standard InChI is InChI=1S/C11H24N4/c1-9(11(12)13)7-15-6-4-5-10(15)8-14(2)3/h9-10H,4-8H2,1-3H3,(H3,12,13). The average molecular weight is 212 g/mol. The van der Waals surface area contributed by atoms with E-state index in [0.29, 0.717) is 11.9 Å². The zero-order valence-electron chi connectivity index (χ0n) is 10.2. The van der Waals surface area contributed by atoms with Crippen molar-refractivity contribution in [1.82, 2.24) is 9.80 Å². The molecule has 1 fully saturated rings. The lowest BCUT2D eigenvalue weighted by atomic mass is 10.1. The molecule has 88 valence electrons. The minimum atomic E-state index is 0.188. The lowest BCUT2D eigenvalue weighted by Gasteiger charge is -2.28. The van der Waals surface area contributed by atoms with E-state index < -0.39 is 0 Å². The Morgan fingerprint density at radius 2 is 2.27 bits per heavy atom. The van der Waals surface area contributed by atoms with Crippen molar-refractivity contribution in [3.8, 4) is 0 Å². The van der Waals surface area contributed by atoms with Crippen molar-refractivity contribution in [2.45, 2.75) is 25.8 Å². The maximum Gasteiger partial charge on any atom is 0.0947 e. The number of likely N-dealkylation sites (tertiary alicyclic amines) is 1. The van der Waals surface area contributed by atoms with Crippen LogP contribution in [0.3, 0.4) is 0 Å². The van der Waals surface area contributed by atoms with Crippen molar-refractivity contribution in [1.29, 1.82) is 5.41 Å². The summed E-state index contributed by atoms with van der Waals surface area (Å²) in [7, 11) is 4.23. The van der Waals surface area contributed by atoms with Gasteiger partial charge in [-0.25, -0.2) is 0 Å². The Kier molecular flexibility index (Phi) is 4.54. The highest BCUT2D eigenvalue weighted by atomic mass is 15.2. The van der Waals surface area contributed by atoms with E-state index >= 15 is 0 Å². The summed E-state index contributed by atoms with van der Waals surface area (Å²) in [5.74, 6) is 0.498. The van der Waals surface area contributed by atoms with Crippen molar-refractivity contribution in [3.63, 3.8) is 0 Å². The maximum absolute atomic E-state index is 7.41. The molecule has 1 heterocycles. The number of hydrogen-bond acceptors (Lipinski definition) is 3. The zero-order valence-corrected chi connectivity index (χ0v) is 10.2. The van der Waals surface area contributed by atoms with Gasteiger partial charge in [-0.15, -0.1) is 0 Å². The maximum atomic E-state index is 7.41. The molecule has 15 heavy (non-hydrogen) atoms. The van der Waals surface area contributed by atoms with E-state index in [1.807, 2.05) is 6.92 Å². The minimum Gasteiger partial charge on any atom is -0.387 e. The molecule has 0 radical (unpaired) electrons. The predicted octanol–water partition coefficient (Wildman–Crippen LogP) is 0.584. The monoisotopic (exact) mass is 212 g/mol. The summed E-state index contributed by atoms with van der Waals surface area (Å²) in [5, 5.41) is 7.41. The number of nitrogens with zero attached hydrogens (tertiary/aromatic N) is 2. The Labute approximate surface area is 92.9 Å². The zero-order chi connectivity index (χ0) is 11.4. The second-order valence-corrected chi connectivity index (χ2v) is 4.91. The molecule has 1 saturated heterocycles. The van der Waals surface area contributed by atoms with Crippen LogP contribution in [-0.4, -0.2) is 55.4 Å². The van der Waals surface area contributed by atoms with Crippen LogP contribution in [0, 0.1) is 11.3 Å². The van der Waals surface area contributed by atoms with E-state index in [4.69, 9.17) is 11.1 Å². The molecule has 1 aliphatic rings. The highest BCUT2D eigenvalue weighted by molar-refractivity contribution is 5.79. The first-order valence-electron chi connectivity index (χ1n) is 5.73. The van der Waals surface area contributed by atoms with Gasteiger partial charge in [-0.05, 0) is 33.5 Å². The van der Waals surface area contributed by atoms with E-state index in [2.05, 4.69) is 23.9 Å². The largest absolute Gasteiger partial charge is 0.387 e. The molecule has 2 atom stereocenters. The molecule has 2 unspecified atom stereocenters. The Morgan fingerprint density at radius 3 is 2.80 bits per heavy atom. The van der Waals surface area contributed by atoms with Crippen LogP contribution < -0.4 is 5.73 Å². The van der Waals surface area contributed by atoms with Crippen LogP contribution in [0.25, 0.3) is 0 Å². The van der Waals surface area contributed by atoms with Gasteiger partial charge in [-0.1, -0.05) is 6.92 Å². The van der Waals surface area contributed by atoms with Crippen LogP contribution in [0.4, 0.5) is 0 Å². The molecule has 0 amide bonds. The van der Waals surface area contributed by atoms with Crippen LogP contribution in [0.5, 0.6) is 0 Å². The van der Waals surface area contributed by atoms with Gasteiger partial charge in [0.25, 0.3) is 0 Å². The summed E-state index contributed by atoms with van der Waals surface area (Å²) in [4.78, 5) is 4.72. The molecule has 0 aromatic heterocycles. The topological polar surface area (TPSA) is 56.4 Å². The number of rotatable bonds is 5. The van der Waals surface area contributed by atoms with Gasteiger partial charge in [0.2, 0.25) is 0 Å². The number of hydrogen-bond donors (Lipinski definition) is 2. The lowest BCUT2D eigenvalue weighted by Crippen LogP contribution is -2.41. The van der Waals surface area contributed by atoms with Gasteiger partial charge in [0.1, 0.15) is 0 Å². The van der Waals surface area contributed by atoms with E-state index in [1.165, 1.54) is 12.8 Å². The fourth-order valence-corrected chi connectivity index (χ4v) is 2.21. The molecular weight excluding hydrogens is 188 g/mol. The highest BCUT2D eigenvalue weighted by Gasteiger charge is 2.26. The minimum absolute atomic E-state index is 0.188. The third-order valence-electron chi connectivity index (χ3n) is 3.11. The Hall–Kier alpha value is -0.610. The number of amidine groups is 1. The Bertz CT molecular complexity index is 215. The summed E-state index contributed by atoms with van der Waals surface area (Å²) in [5.41, 5.74) is 5.51. The fourth-order valence-electron chi connectivity index (χ4n) is 2.21. The van der Waals surface area contributed by atoms with Gasteiger partial charge in [0, 0.05) is 25.0 Å². The number of nitrogens with one attached hydrogen (secondary N) is 1. The van der Waals surface area contributed by atoms with Crippen LogP contribution >= 0.6 is 0 Å². The molecule has 1 rings (SSSR count). The van der Waals surface area contributed by atoms with E-state index in [-0.39, 0.29) is 5.92 Å². The first kappa shape index (κ1) is 12.5. The summed E-state index contributed by atoms with van der Waals surface area (Å²) < 4.78 is 0. The summed E-state index contributed by atoms with van der Waals surface area (Å²) in [6.45, 7) is 5.25. The van der Waals surface area contributed by atoms with Gasteiger partial charge in [-0.2, -0.15) is 0 Å². The first-order valence-corrected chi connectivity index (χ1v) is 5.73. The van der Waals surface area contributed by atoms with Gasteiger partial charge in [0.05, 0.1) is 5.84 Å².